The van der Waals surface area contributed by atoms with E-state index in [2.05, 4.69) is 0 Å². The minimum atomic E-state index is -4.34. The van der Waals surface area contributed by atoms with Crippen molar-refractivity contribution in [2.45, 2.75) is 13.1 Å². The molecule has 4 heteroatoms. The van der Waals surface area contributed by atoms with Gasteiger partial charge in [-0.25, -0.2) is 0 Å². The molecule has 0 aliphatic heterocycles. The van der Waals surface area contributed by atoms with Crippen LogP contribution in [0.25, 0.3) is 0 Å². The first-order chi connectivity index (χ1) is 11.5. The third-order valence-corrected chi connectivity index (χ3v) is 6.48. The molecular weight excluding hydrogens is 328 g/mol. The molecule has 122 valence electrons. The molecule has 0 amide bonds. The van der Waals surface area contributed by atoms with Gasteiger partial charge in [0.2, 0.25) is 0 Å². The Morgan fingerprint density at radius 3 is 1.62 bits per heavy atom. The lowest BCUT2D eigenvalue weighted by molar-refractivity contribution is -0.138. The van der Waals surface area contributed by atoms with Crippen LogP contribution in [0.4, 0.5) is 13.2 Å². The van der Waals surface area contributed by atoms with Crippen LogP contribution in [-0.2, 0) is 6.18 Å². The van der Waals surface area contributed by atoms with Crippen LogP contribution < -0.4 is 15.9 Å². The summed E-state index contributed by atoms with van der Waals surface area (Å²) in [5.74, 6) is 0. The Labute approximate surface area is 140 Å². The normalized spacial score (nSPS) is 11.7. The van der Waals surface area contributed by atoms with E-state index in [1.807, 2.05) is 66.7 Å². The average molecular weight is 344 g/mol. The summed E-state index contributed by atoms with van der Waals surface area (Å²) >= 11 is 0. The van der Waals surface area contributed by atoms with Crippen LogP contribution in [0.3, 0.4) is 0 Å². The lowest BCUT2D eigenvalue weighted by Crippen LogP contribution is -2.24. The van der Waals surface area contributed by atoms with Crippen molar-refractivity contribution >= 4 is 23.8 Å². The molecule has 0 saturated carbocycles. The first kappa shape index (κ1) is 16.7. The summed E-state index contributed by atoms with van der Waals surface area (Å²) in [7, 11) is -1.03. The SMILES string of the molecule is Cc1c(P(c2ccccc2)c2ccccc2)cccc1C(F)(F)F. The first-order valence-corrected chi connectivity index (χ1v) is 8.89. The second-order valence-electron chi connectivity index (χ2n) is 5.45. The van der Waals surface area contributed by atoms with E-state index < -0.39 is 19.7 Å². The number of rotatable bonds is 3. The molecule has 3 rings (SSSR count). The first-order valence-electron chi connectivity index (χ1n) is 7.55. The molecule has 0 saturated heterocycles. The summed E-state index contributed by atoms with van der Waals surface area (Å²) in [6.45, 7) is 1.57. The number of hydrogen-bond acceptors (Lipinski definition) is 0. The average Bonchev–Trinajstić information content (AvgIpc) is 2.58. The molecule has 0 aliphatic rings. The van der Waals surface area contributed by atoms with E-state index in [-0.39, 0.29) is 0 Å². The summed E-state index contributed by atoms with van der Waals surface area (Å²) in [6, 6.07) is 24.0. The van der Waals surface area contributed by atoms with E-state index in [1.54, 1.807) is 6.92 Å². The Hall–Kier alpha value is -2.12. The Bertz CT molecular complexity index is 772. The second-order valence-corrected chi connectivity index (χ2v) is 7.64. The predicted octanol–water partition coefficient (Wildman–Crippen LogP) is 4.77. The molecule has 0 aliphatic carbocycles. The Morgan fingerprint density at radius 2 is 1.17 bits per heavy atom. The summed E-state index contributed by atoms with van der Waals surface area (Å²) in [4.78, 5) is 0. The maximum Gasteiger partial charge on any atom is 0.416 e. The van der Waals surface area contributed by atoms with Gasteiger partial charge in [0, 0.05) is 0 Å². The summed E-state index contributed by atoms with van der Waals surface area (Å²) in [6.07, 6.45) is -4.34. The molecule has 0 fully saturated rings. The fraction of sp³-hybridized carbons (Fsp3) is 0.100. The third kappa shape index (κ3) is 3.37. The van der Waals surface area contributed by atoms with Crippen molar-refractivity contribution in [3.8, 4) is 0 Å². The quantitative estimate of drug-likeness (QED) is 0.600. The lowest BCUT2D eigenvalue weighted by Gasteiger charge is -2.23. The van der Waals surface area contributed by atoms with Gasteiger partial charge in [0.15, 0.2) is 0 Å². The molecule has 0 radical (unpaired) electrons. The second kappa shape index (κ2) is 6.78. The van der Waals surface area contributed by atoms with Gasteiger partial charge in [-0.15, -0.1) is 0 Å². The topological polar surface area (TPSA) is 0 Å². The molecular formula is C20H16F3P. The lowest BCUT2D eigenvalue weighted by atomic mass is 10.1. The molecule has 0 unspecified atom stereocenters. The molecule has 0 spiro atoms. The molecule has 0 nitrogen and oxygen atoms in total. The number of alkyl halides is 3. The highest BCUT2D eigenvalue weighted by Gasteiger charge is 2.34. The minimum absolute atomic E-state index is 0.309. The van der Waals surface area contributed by atoms with Gasteiger partial charge in [0.25, 0.3) is 0 Å². The maximum absolute atomic E-state index is 13.3. The summed E-state index contributed by atoms with van der Waals surface area (Å²) in [5.41, 5.74) is -0.247. The minimum Gasteiger partial charge on any atom is -0.166 e. The number of hydrogen-bond donors (Lipinski definition) is 0. The van der Waals surface area contributed by atoms with Crippen molar-refractivity contribution in [3.05, 3.63) is 90.0 Å². The third-order valence-electron chi connectivity index (χ3n) is 3.88. The number of halogens is 3. The standard InChI is InChI=1S/C20H16F3P/c1-15-18(20(21,22)23)13-8-14-19(15)24(16-9-4-2-5-10-16)17-11-6-3-7-12-17/h2-14H,1H3. The molecule has 0 aromatic heterocycles. The summed E-state index contributed by atoms with van der Waals surface area (Å²) < 4.78 is 39.9. The van der Waals surface area contributed by atoms with Crippen molar-refractivity contribution in [2.24, 2.45) is 0 Å². The van der Waals surface area contributed by atoms with Gasteiger partial charge in [-0.1, -0.05) is 72.8 Å². The van der Waals surface area contributed by atoms with E-state index in [9.17, 15) is 13.2 Å². The van der Waals surface area contributed by atoms with Crippen LogP contribution in [-0.4, -0.2) is 0 Å². The number of benzene rings is 3. The zero-order valence-corrected chi connectivity index (χ0v) is 14.0. The van der Waals surface area contributed by atoms with Gasteiger partial charge in [0.05, 0.1) is 5.56 Å². The van der Waals surface area contributed by atoms with Gasteiger partial charge in [-0.3, -0.25) is 0 Å². The van der Waals surface area contributed by atoms with Crippen LogP contribution in [0.1, 0.15) is 11.1 Å². The van der Waals surface area contributed by atoms with Crippen molar-refractivity contribution < 1.29 is 13.2 Å². The Kier molecular flexibility index (Phi) is 4.73. The molecule has 0 N–H and O–H groups in total. The van der Waals surface area contributed by atoms with Gasteiger partial charge in [0.1, 0.15) is 0 Å². The van der Waals surface area contributed by atoms with Crippen LogP contribution in [0.5, 0.6) is 0 Å². The molecule has 0 heterocycles. The van der Waals surface area contributed by atoms with Gasteiger partial charge in [-0.05, 0) is 42.4 Å². The molecule has 24 heavy (non-hydrogen) atoms. The van der Waals surface area contributed by atoms with Crippen molar-refractivity contribution in [1.29, 1.82) is 0 Å². The fourth-order valence-corrected chi connectivity index (χ4v) is 5.24. The van der Waals surface area contributed by atoms with Crippen molar-refractivity contribution in [1.82, 2.24) is 0 Å². The molecule has 3 aromatic rings. The maximum atomic E-state index is 13.3. The van der Waals surface area contributed by atoms with E-state index in [0.717, 1.165) is 22.0 Å². The molecule has 0 atom stereocenters. The van der Waals surface area contributed by atoms with Gasteiger partial charge < -0.3 is 0 Å². The van der Waals surface area contributed by atoms with E-state index in [0.29, 0.717) is 5.56 Å². The van der Waals surface area contributed by atoms with E-state index >= 15 is 0 Å². The van der Waals surface area contributed by atoms with Crippen LogP contribution in [0.2, 0.25) is 0 Å². The Balaban J connectivity index is 2.21. The highest BCUT2D eigenvalue weighted by atomic mass is 31.1. The zero-order valence-electron chi connectivity index (χ0n) is 13.1. The van der Waals surface area contributed by atoms with Crippen molar-refractivity contribution in [2.75, 3.05) is 0 Å². The highest BCUT2D eigenvalue weighted by Crippen LogP contribution is 2.38. The largest absolute Gasteiger partial charge is 0.416 e. The van der Waals surface area contributed by atoms with Crippen LogP contribution in [0, 0.1) is 6.92 Å². The molecule has 0 bridgehead atoms. The highest BCUT2D eigenvalue weighted by molar-refractivity contribution is 7.79. The van der Waals surface area contributed by atoms with Gasteiger partial charge in [-0.2, -0.15) is 13.2 Å². The molecule has 3 aromatic carbocycles. The fourth-order valence-electron chi connectivity index (χ4n) is 2.75. The zero-order chi connectivity index (χ0) is 17.2. The summed E-state index contributed by atoms with van der Waals surface area (Å²) in [5, 5.41) is 2.83. The smallest absolute Gasteiger partial charge is 0.166 e. The van der Waals surface area contributed by atoms with E-state index in [1.165, 1.54) is 6.07 Å². The van der Waals surface area contributed by atoms with Crippen LogP contribution >= 0.6 is 7.92 Å². The van der Waals surface area contributed by atoms with Crippen molar-refractivity contribution in [3.63, 3.8) is 0 Å². The monoisotopic (exact) mass is 344 g/mol. The predicted molar refractivity (Wildman–Crippen MR) is 94.9 cm³/mol. The van der Waals surface area contributed by atoms with Crippen LogP contribution in [0.15, 0.2) is 78.9 Å². The van der Waals surface area contributed by atoms with E-state index in [4.69, 9.17) is 0 Å². The van der Waals surface area contributed by atoms with Gasteiger partial charge >= 0.3 is 6.18 Å². The Morgan fingerprint density at radius 1 is 0.667 bits per heavy atom.